The van der Waals surface area contributed by atoms with Crippen LogP contribution < -0.4 is 15.4 Å². The summed E-state index contributed by atoms with van der Waals surface area (Å²) in [5, 5.41) is 5.12. The topological polar surface area (TPSA) is 93.7 Å². The summed E-state index contributed by atoms with van der Waals surface area (Å²) in [7, 11) is 1.49. The Bertz CT molecular complexity index is 777. The number of hydrogen-bond donors (Lipinski definition) is 2. The predicted octanol–water partition coefficient (Wildman–Crippen LogP) is 2.00. The van der Waals surface area contributed by atoms with Gasteiger partial charge in [0.05, 0.1) is 12.8 Å². The van der Waals surface area contributed by atoms with E-state index in [9.17, 15) is 14.4 Å². The summed E-state index contributed by atoms with van der Waals surface area (Å²) in [6.45, 7) is 1.02. The summed E-state index contributed by atoms with van der Waals surface area (Å²) in [5.41, 5.74) is 0.905. The van der Waals surface area contributed by atoms with E-state index in [1.54, 1.807) is 54.6 Å². The highest BCUT2D eigenvalue weighted by Crippen LogP contribution is 2.22. The van der Waals surface area contributed by atoms with E-state index in [-0.39, 0.29) is 0 Å². The average Bonchev–Trinajstić information content (AvgIpc) is 2.67. The summed E-state index contributed by atoms with van der Waals surface area (Å²) in [6, 6.07) is 14.5. The molecule has 0 fully saturated rings. The van der Waals surface area contributed by atoms with Crippen LogP contribution in [0.3, 0.4) is 0 Å². The van der Waals surface area contributed by atoms with E-state index >= 15 is 0 Å². The molecule has 0 aliphatic carbocycles. The van der Waals surface area contributed by atoms with E-state index < -0.39 is 30.4 Å². The number of rotatable bonds is 7. The van der Waals surface area contributed by atoms with Crippen molar-refractivity contribution in [1.82, 2.24) is 5.32 Å². The van der Waals surface area contributed by atoms with Gasteiger partial charge in [0.1, 0.15) is 11.8 Å². The van der Waals surface area contributed by atoms with Crippen molar-refractivity contribution in [3.63, 3.8) is 0 Å². The van der Waals surface area contributed by atoms with Crippen LogP contribution in [-0.4, -0.2) is 37.5 Å². The van der Waals surface area contributed by atoms with Crippen molar-refractivity contribution in [2.75, 3.05) is 19.0 Å². The van der Waals surface area contributed by atoms with Crippen LogP contribution in [-0.2, 0) is 14.3 Å². The van der Waals surface area contributed by atoms with Gasteiger partial charge in [0.15, 0.2) is 6.61 Å². The number of nitrogens with one attached hydrogen (secondary N) is 2. The van der Waals surface area contributed by atoms with Gasteiger partial charge in [-0.05, 0) is 31.2 Å². The van der Waals surface area contributed by atoms with Gasteiger partial charge in [-0.3, -0.25) is 9.59 Å². The molecule has 2 aromatic carbocycles. The highest BCUT2D eigenvalue weighted by atomic mass is 16.5. The molecule has 0 heterocycles. The summed E-state index contributed by atoms with van der Waals surface area (Å²) in [4.78, 5) is 35.9. The molecular formula is C19H20N2O5. The first kappa shape index (κ1) is 19.0. The third-order valence-electron chi connectivity index (χ3n) is 3.46. The standard InChI is InChI=1S/C19H20N2O5/c1-13(20-18(23)14-8-4-3-5-9-14)19(24)26-12-17(22)21-15-10-6-7-11-16(15)25-2/h3-11,13H,12H2,1-2H3,(H,20,23)(H,21,22). The number of para-hydroxylation sites is 2. The molecule has 2 rings (SSSR count). The van der Waals surface area contributed by atoms with Gasteiger partial charge in [-0.25, -0.2) is 4.79 Å². The molecule has 0 saturated heterocycles. The van der Waals surface area contributed by atoms with Crippen molar-refractivity contribution in [1.29, 1.82) is 0 Å². The molecule has 26 heavy (non-hydrogen) atoms. The van der Waals surface area contributed by atoms with E-state index in [1.807, 2.05) is 0 Å². The zero-order valence-corrected chi connectivity index (χ0v) is 14.5. The molecule has 2 amide bonds. The normalized spacial score (nSPS) is 11.2. The van der Waals surface area contributed by atoms with Crippen LogP contribution in [0.15, 0.2) is 54.6 Å². The number of anilines is 1. The minimum Gasteiger partial charge on any atom is -0.495 e. The fraction of sp³-hybridized carbons (Fsp3) is 0.211. The molecule has 1 atom stereocenters. The largest absolute Gasteiger partial charge is 0.495 e. The van der Waals surface area contributed by atoms with Crippen molar-refractivity contribution in [3.05, 3.63) is 60.2 Å². The Kier molecular flexibility index (Phi) is 6.73. The van der Waals surface area contributed by atoms with Crippen LogP contribution >= 0.6 is 0 Å². The van der Waals surface area contributed by atoms with Gasteiger partial charge in [0.2, 0.25) is 0 Å². The number of hydrogen-bond acceptors (Lipinski definition) is 5. The van der Waals surface area contributed by atoms with E-state index in [2.05, 4.69) is 10.6 Å². The van der Waals surface area contributed by atoms with Gasteiger partial charge in [-0.1, -0.05) is 30.3 Å². The lowest BCUT2D eigenvalue weighted by Gasteiger charge is -2.14. The maximum atomic E-state index is 12.0. The maximum absolute atomic E-state index is 12.0. The molecule has 2 aromatic rings. The van der Waals surface area contributed by atoms with Gasteiger partial charge in [0.25, 0.3) is 11.8 Å². The van der Waals surface area contributed by atoms with Gasteiger partial charge < -0.3 is 20.1 Å². The first-order valence-corrected chi connectivity index (χ1v) is 7.96. The Balaban J connectivity index is 1.82. The zero-order chi connectivity index (χ0) is 18.9. The second-order valence-corrected chi connectivity index (χ2v) is 5.42. The molecule has 0 radical (unpaired) electrons. The first-order valence-electron chi connectivity index (χ1n) is 7.96. The Morgan fingerprint density at radius 3 is 2.35 bits per heavy atom. The number of carbonyl (C=O) groups excluding carboxylic acids is 3. The molecule has 1 unspecified atom stereocenters. The predicted molar refractivity (Wildman–Crippen MR) is 96.0 cm³/mol. The van der Waals surface area contributed by atoms with Crippen LogP contribution in [0, 0.1) is 0 Å². The van der Waals surface area contributed by atoms with Crippen molar-refractivity contribution in [3.8, 4) is 5.75 Å². The molecule has 0 aromatic heterocycles. The number of carbonyl (C=O) groups is 3. The fourth-order valence-corrected chi connectivity index (χ4v) is 2.12. The third kappa shape index (κ3) is 5.34. The molecule has 0 saturated carbocycles. The number of esters is 1. The second-order valence-electron chi connectivity index (χ2n) is 5.42. The monoisotopic (exact) mass is 356 g/mol. The summed E-state index contributed by atoms with van der Waals surface area (Å²) in [5.74, 6) is -1.11. The molecule has 0 bridgehead atoms. The van der Waals surface area contributed by atoms with Crippen molar-refractivity contribution >= 4 is 23.5 Å². The Labute approximate surface area is 151 Å². The molecule has 7 nitrogen and oxygen atoms in total. The minimum absolute atomic E-state index is 0.395. The highest BCUT2D eigenvalue weighted by Gasteiger charge is 2.19. The first-order chi connectivity index (χ1) is 12.5. The van der Waals surface area contributed by atoms with Crippen molar-refractivity contribution < 1.29 is 23.9 Å². The molecular weight excluding hydrogens is 336 g/mol. The summed E-state index contributed by atoms with van der Waals surface area (Å²) < 4.78 is 10.1. The molecule has 0 aliphatic heterocycles. The number of amides is 2. The SMILES string of the molecule is COc1ccccc1NC(=O)COC(=O)C(C)NC(=O)c1ccccc1. The molecule has 2 N–H and O–H groups in total. The molecule has 7 heteroatoms. The lowest BCUT2D eigenvalue weighted by Crippen LogP contribution is -2.40. The van der Waals surface area contributed by atoms with Gasteiger partial charge >= 0.3 is 5.97 Å². The Morgan fingerprint density at radius 2 is 1.65 bits per heavy atom. The molecule has 0 aliphatic rings. The lowest BCUT2D eigenvalue weighted by molar-refractivity contribution is -0.148. The minimum atomic E-state index is -0.887. The van der Waals surface area contributed by atoms with Crippen molar-refractivity contribution in [2.45, 2.75) is 13.0 Å². The maximum Gasteiger partial charge on any atom is 0.328 e. The summed E-state index contributed by atoms with van der Waals surface area (Å²) in [6.07, 6.45) is 0. The van der Waals surface area contributed by atoms with Crippen LogP contribution in [0.25, 0.3) is 0 Å². The van der Waals surface area contributed by atoms with E-state index in [0.717, 1.165) is 0 Å². The average molecular weight is 356 g/mol. The molecule has 0 spiro atoms. The van der Waals surface area contributed by atoms with Crippen LogP contribution in [0.1, 0.15) is 17.3 Å². The van der Waals surface area contributed by atoms with Crippen LogP contribution in [0.4, 0.5) is 5.69 Å². The number of methoxy groups -OCH3 is 1. The van der Waals surface area contributed by atoms with Crippen LogP contribution in [0.5, 0.6) is 5.75 Å². The smallest absolute Gasteiger partial charge is 0.328 e. The van der Waals surface area contributed by atoms with E-state index in [1.165, 1.54) is 14.0 Å². The second kappa shape index (κ2) is 9.22. The molecule has 136 valence electrons. The fourth-order valence-electron chi connectivity index (χ4n) is 2.12. The number of benzene rings is 2. The third-order valence-corrected chi connectivity index (χ3v) is 3.46. The van der Waals surface area contributed by atoms with Crippen LogP contribution in [0.2, 0.25) is 0 Å². The Morgan fingerprint density at radius 1 is 1.00 bits per heavy atom. The Hall–Kier alpha value is -3.35. The van der Waals surface area contributed by atoms with Gasteiger partial charge in [-0.15, -0.1) is 0 Å². The quantitative estimate of drug-likeness (QED) is 0.740. The van der Waals surface area contributed by atoms with Gasteiger partial charge in [0, 0.05) is 5.56 Å². The van der Waals surface area contributed by atoms with Crippen molar-refractivity contribution in [2.24, 2.45) is 0 Å². The highest BCUT2D eigenvalue weighted by molar-refractivity contribution is 5.97. The zero-order valence-electron chi connectivity index (χ0n) is 14.5. The van der Waals surface area contributed by atoms with Gasteiger partial charge in [-0.2, -0.15) is 0 Å². The summed E-state index contributed by atoms with van der Waals surface area (Å²) >= 11 is 0. The van der Waals surface area contributed by atoms with E-state index in [4.69, 9.17) is 9.47 Å². The number of ether oxygens (including phenoxy) is 2. The van der Waals surface area contributed by atoms with E-state index in [0.29, 0.717) is 17.0 Å². The lowest BCUT2D eigenvalue weighted by atomic mass is 10.2.